The lowest BCUT2D eigenvalue weighted by molar-refractivity contribution is -0.136. The molecule has 0 saturated heterocycles. The Balaban J connectivity index is 2.36. The highest BCUT2D eigenvalue weighted by Crippen LogP contribution is 2.36. The fourth-order valence-electron chi connectivity index (χ4n) is 2.04. The van der Waals surface area contributed by atoms with Crippen molar-refractivity contribution in [2.75, 3.05) is 0 Å². The van der Waals surface area contributed by atoms with Crippen LogP contribution in [0.3, 0.4) is 0 Å². The molecule has 0 saturated carbocycles. The molecule has 3 rings (SSSR count). The van der Waals surface area contributed by atoms with Gasteiger partial charge in [0.05, 0.1) is 23.0 Å². The van der Waals surface area contributed by atoms with Crippen LogP contribution < -0.4 is 0 Å². The Morgan fingerprint density at radius 3 is 2.48 bits per heavy atom. The molecule has 0 radical (unpaired) electrons. The van der Waals surface area contributed by atoms with Gasteiger partial charge in [-0.05, 0) is 40.8 Å². The lowest BCUT2D eigenvalue weighted by atomic mass is 10.1. The molecule has 2 heterocycles. The summed E-state index contributed by atoms with van der Waals surface area (Å²) in [5.41, 5.74) is -0.594. The van der Waals surface area contributed by atoms with Crippen LogP contribution >= 0.6 is 22.6 Å². The first-order valence-corrected chi connectivity index (χ1v) is 6.82. The second kappa shape index (κ2) is 4.93. The van der Waals surface area contributed by atoms with Gasteiger partial charge in [-0.3, -0.25) is 0 Å². The Morgan fingerprint density at radius 2 is 1.86 bits per heavy atom. The SMILES string of the molecule is Fc1ccc(-n2nc(I)c3cccc(C(F)(F)F)c32)cn1. The number of para-hydroxylation sites is 1. The van der Waals surface area contributed by atoms with Gasteiger partial charge in [0.15, 0.2) is 0 Å². The van der Waals surface area contributed by atoms with E-state index in [1.54, 1.807) is 6.07 Å². The number of fused-ring (bicyclic) bond motifs is 1. The van der Waals surface area contributed by atoms with E-state index in [0.29, 0.717) is 9.09 Å². The van der Waals surface area contributed by atoms with Gasteiger partial charge in [-0.15, -0.1) is 0 Å². The van der Waals surface area contributed by atoms with E-state index in [9.17, 15) is 17.6 Å². The predicted octanol–water partition coefficient (Wildman–Crippen LogP) is 4.18. The molecule has 0 amide bonds. The third-order valence-corrected chi connectivity index (χ3v) is 3.72. The Kier molecular flexibility index (Phi) is 3.34. The minimum Gasteiger partial charge on any atom is -0.230 e. The van der Waals surface area contributed by atoms with Crippen molar-refractivity contribution in [1.82, 2.24) is 14.8 Å². The zero-order chi connectivity index (χ0) is 15.2. The first kappa shape index (κ1) is 14.2. The molecule has 0 aliphatic carbocycles. The summed E-state index contributed by atoms with van der Waals surface area (Å²) in [6, 6.07) is 6.30. The lowest BCUT2D eigenvalue weighted by Gasteiger charge is -2.10. The van der Waals surface area contributed by atoms with Crippen LogP contribution in [0.2, 0.25) is 0 Å². The molecular weight excluding hydrogens is 401 g/mol. The molecule has 0 aliphatic heterocycles. The molecule has 0 atom stereocenters. The molecule has 3 aromatic rings. The van der Waals surface area contributed by atoms with Gasteiger partial charge < -0.3 is 0 Å². The second-order valence-electron chi connectivity index (χ2n) is 4.24. The molecule has 0 fully saturated rings. The van der Waals surface area contributed by atoms with Crippen LogP contribution in [-0.2, 0) is 6.18 Å². The maximum atomic E-state index is 13.2. The van der Waals surface area contributed by atoms with Crippen LogP contribution in [-0.4, -0.2) is 14.8 Å². The predicted molar refractivity (Wildman–Crippen MR) is 76.5 cm³/mol. The maximum absolute atomic E-state index is 13.2. The zero-order valence-corrected chi connectivity index (χ0v) is 12.4. The van der Waals surface area contributed by atoms with Crippen LogP contribution in [0.1, 0.15) is 5.56 Å². The minimum atomic E-state index is -4.51. The first-order valence-electron chi connectivity index (χ1n) is 5.74. The minimum absolute atomic E-state index is 0.0668. The number of rotatable bonds is 1. The fraction of sp³-hybridized carbons (Fsp3) is 0.0769. The number of hydrogen-bond donors (Lipinski definition) is 0. The Hall–Kier alpha value is -1.71. The van der Waals surface area contributed by atoms with Gasteiger partial charge in [0.1, 0.15) is 3.70 Å². The summed E-state index contributed by atoms with van der Waals surface area (Å²) in [5.74, 6) is -0.707. The Morgan fingerprint density at radius 1 is 1.10 bits per heavy atom. The quantitative estimate of drug-likeness (QED) is 0.344. The van der Waals surface area contributed by atoms with Gasteiger partial charge in [0.2, 0.25) is 5.95 Å². The number of aromatic nitrogens is 3. The fourth-order valence-corrected chi connectivity index (χ4v) is 2.69. The summed E-state index contributed by atoms with van der Waals surface area (Å²) in [4.78, 5) is 3.45. The summed E-state index contributed by atoms with van der Waals surface area (Å²) < 4.78 is 53.9. The van der Waals surface area contributed by atoms with Crippen molar-refractivity contribution in [2.24, 2.45) is 0 Å². The van der Waals surface area contributed by atoms with Gasteiger partial charge in [-0.1, -0.05) is 12.1 Å². The van der Waals surface area contributed by atoms with Crippen LogP contribution in [0.5, 0.6) is 0 Å². The molecule has 21 heavy (non-hydrogen) atoms. The normalized spacial score (nSPS) is 12.0. The summed E-state index contributed by atoms with van der Waals surface area (Å²) in [6.45, 7) is 0. The third kappa shape index (κ3) is 2.47. The average molecular weight is 407 g/mol. The monoisotopic (exact) mass is 407 g/mol. The molecule has 0 bridgehead atoms. The van der Waals surface area contributed by atoms with Crippen LogP contribution in [0.4, 0.5) is 17.6 Å². The first-order chi connectivity index (χ1) is 9.88. The summed E-state index contributed by atoms with van der Waals surface area (Å²) >= 11 is 1.86. The highest BCUT2D eigenvalue weighted by Gasteiger charge is 2.34. The Labute approximate surface area is 129 Å². The van der Waals surface area contributed by atoms with Crippen LogP contribution in [0, 0.1) is 9.65 Å². The highest BCUT2D eigenvalue weighted by atomic mass is 127. The van der Waals surface area contributed by atoms with Crippen molar-refractivity contribution in [3.63, 3.8) is 0 Å². The molecular formula is C13H6F4IN3. The van der Waals surface area contributed by atoms with Gasteiger partial charge in [-0.2, -0.15) is 22.7 Å². The van der Waals surface area contributed by atoms with E-state index in [-0.39, 0.29) is 11.2 Å². The topological polar surface area (TPSA) is 30.7 Å². The number of alkyl halides is 3. The second-order valence-corrected chi connectivity index (χ2v) is 5.26. The van der Waals surface area contributed by atoms with E-state index in [1.807, 2.05) is 22.6 Å². The molecule has 0 N–H and O–H groups in total. The molecule has 0 spiro atoms. The number of hydrogen-bond acceptors (Lipinski definition) is 2. The van der Waals surface area contributed by atoms with Gasteiger partial charge in [-0.25, -0.2) is 9.67 Å². The van der Waals surface area contributed by atoms with E-state index in [4.69, 9.17) is 0 Å². The summed E-state index contributed by atoms with van der Waals surface area (Å²) in [7, 11) is 0. The smallest absolute Gasteiger partial charge is 0.230 e. The van der Waals surface area contributed by atoms with Gasteiger partial charge in [0, 0.05) is 5.39 Å². The molecule has 108 valence electrons. The van der Waals surface area contributed by atoms with Crippen molar-refractivity contribution in [3.8, 4) is 5.69 Å². The highest BCUT2D eigenvalue weighted by molar-refractivity contribution is 14.1. The molecule has 0 unspecified atom stereocenters. The average Bonchev–Trinajstić information content (AvgIpc) is 2.76. The van der Waals surface area contributed by atoms with Crippen molar-refractivity contribution < 1.29 is 17.6 Å². The van der Waals surface area contributed by atoms with Crippen molar-refractivity contribution in [2.45, 2.75) is 6.18 Å². The van der Waals surface area contributed by atoms with Crippen molar-refractivity contribution in [1.29, 1.82) is 0 Å². The van der Waals surface area contributed by atoms with E-state index in [1.165, 1.54) is 12.1 Å². The largest absolute Gasteiger partial charge is 0.418 e. The Bertz CT molecular complexity index is 809. The van der Waals surface area contributed by atoms with E-state index in [0.717, 1.165) is 23.0 Å². The standard InChI is InChI=1S/C13H6F4IN3/c14-10-5-4-7(6-19-10)21-11-8(12(18)20-21)2-1-3-9(11)13(15,16)17/h1-6H. The van der Waals surface area contributed by atoms with Gasteiger partial charge >= 0.3 is 6.18 Å². The lowest BCUT2D eigenvalue weighted by Crippen LogP contribution is -2.08. The number of halogens is 5. The van der Waals surface area contributed by atoms with E-state index in [2.05, 4.69) is 10.1 Å². The molecule has 8 heteroatoms. The summed E-state index contributed by atoms with van der Waals surface area (Å²) in [5, 5.41) is 4.49. The molecule has 2 aromatic heterocycles. The third-order valence-electron chi connectivity index (χ3n) is 2.92. The molecule has 3 nitrogen and oxygen atoms in total. The van der Waals surface area contributed by atoms with E-state index >= 15 is 0 Å². The number of benzene rings is 1. The summed E-state index contributed by atoms with van der Waals surface area (Å²) in [6.07, 6.45) is -3.36. The van der Waals surface area contributed by atoms with Crippen molar-refractivity contribution in [3.05, 3.63) is 51.7 Å². The van der Waals surface area contributed by atoms with Crippen molar-refractivity contribution >= 4 is 33.5 Å². The number of pyridine rings is 1. The van der Waals surface area contributed by atoms with Crippen LogP contribution in [0.25, 0.3) is 16.6 Å². The zero-order valence-electron chi connectivity index (χ0n) is 10.2. The van der Waals surface area contributed by atoms with E-state index < -0.39 is 17.7 Å². The molecule has 1 aromatic carbocycles. The molecule has 0 aliphatic rings. The number of nitrogens with zero attached hydrogens (tertiary/aromatic N) is 3. The maximum Gasteiger partial charge on any atom is 0.418 e. The van der Waals surface area contributed by atoms with Gasteiger partial charge in [0.25, 0.3) is 0 Å². The van der Waals surface area contributed by atoms with Crippen LogP contribution in [0.15, 0.2) is 36.5 Å².